The molecule has 0 spiro atoms. The zero-order valence-electron chi connectivity index (χ0n) is 20.5. The van der Waals surface area contributed by atoms with Gasteiger partial charge in [-0.15, -0.1) is 0 Å². The molecule has 1 aromatic heterocycles. The van der Waals surface area contributed by atoms with Gasteiger partial charge in [0.1, 0.15) is 24.6 Å². The fraction of sp³-hybridized carbons (Fsp3) is 0.348. The zero-order chi connectivity index (χ0) is 28.2. The Morgan fingerprint density at radius 2 is 1.82 bits per heavy atom. The van der Waals surface area contributed by atoms with Crippen LogP contribution in [0.4, 0.5) is 5.82 Å². The maximum Gasteiger partial charge on any atom is 0.351 e. The van der Waals surface area contributed by atoms with Gasteiger partial charge in [0.15, 0.2) is 12.3 Å². The molecule has 0 radical (unpaired) electrons. The van der Waals surface area contributed by atoms with Crippen LogP contribution in [0, 0.1) is 6.92 Å². The molecule has 204 valence electrons. The standard InChI is InChI=1S/C23H25N3O11S/c1-12-4-7-16(8-5-12)38(32,33)37-19-17(11-34-13(2)27)36-22(20(19)35-14(3)28)26-10-15(6-9-18(29)30)21(24)25-23(26)31/h4-10,17,19-20,22H,11H2,1-3H3,(H,29,30)(H2,24,25,31)/b9-6+/t17-,19+,20-,22-/m1/s1. The first-order valence-corrected chi connectivity index (χ1v) is 12.4. The van der Waals surface area contributed by atoms with E-state index in [0.29, 0.717) is 0 Å². The molecule has 0 bridgehead atoms. The Kier molecular flexibility index (Phi) is 8.65. The second kappa shape index (κ2) is 11.5. The van der Waals surface area contributed by atoms with Crippen molar-refractivity contribution >= 4 is 39.9 Å². The molecule has 0 aliphatic carbocycles. The van der Waals surface area contributed by atoms with Crippen LogP contribution < -0.4 is 11.4 Å². The Labute approximate surface area is 216 Å². The van der Waals surface area contributed by atoms with Crippen LogP contribution in [0.5, 0.6) is 0 Å². The molecule has 0 unspecified atom stereocenters. The molecular weight excluding hydrogens is 526 g/mol. The van der Waals surface area contributed by atoms with Crippen LogP contribution >= 0.6 is 0 Å². The largest absolute Gasteiger partial charge is 0.478 e. The van der Waals surface area contributed by atoms with Crippen LogP contribution in [0.3, 0.4) is 0 Å². The molecule has 15 heteroatoms. The second-order valence-electron chi connectivity index (χ2n) is 8.21. The Morgan fingerprint density at radius 3 is 2.39 bits per heavy atom. The predicted octanol–water partition coefficient (Wildman–Crippen LogP) is 0.398. The molecule has 1 aromatic carbocycles. The molecule has 3 N–H and O–H groups in total. The first-order valence-electron chi connectivity index (χ1n) is 11.0. The summed E-state index contributed by atoms with van der Waals surface area (Å²) in [7, 11) is -4.46. The molecule has 4 atom stereocenters. The number of benzene rings is 1. The van der Waals surface area contributed by atoms with Crippen molar-refractivity contribution in [2.24, 2.45) is 0 Å². The Balaban J connectivity index is 2.09. The van der Waals surface area contributed by atoms with Gasteiger partial charge in [0.2, 0.25) is 0 Å². The SMILES string of the molecule is CC(=O)OC[C@H]1O[C@@H](n2cc(/C=C/C(=O)O)c(N)nc2=O)[C@H](OC(C)=O)[C@H]1OS(=O)(=O)c1ccc(C)cc1. The van der Waals surface area contributed by atoms with Gasteiger partial charge in [-0.05, 0) is 25.1 Å². The lowest BCUT2D eigenvalue weighted by atomic mass is 10.1. The van der Waals surface area contributed by atoms with Gasteiger partial charge in [0.25, 0.3) is 10.1 Å². The molecule has 2 aromatic rings. The number of rotatable bonds is 9. The number of anilines is 1. The summed E-state index contributed by atoms with van der Waals surface area (Å²) < 4.78 is 48.6. The van der Waals surface area contributed by atoms with Gasteiger partial charge in [0, 0.05) is 31.7 Å². The van der Waals surface area contributed by atoms with Crippen LogP contribution in [-0.2, 0) is 42.9 Å². The number of nitrogens with two attached hydrogens (primary N) is 1. The second-order valence-corrected chi connectivity index (χ2v) is 9.78. The number of hydrogen-bond donors (Lipinski definition) is 2. The number of aryl methyl sites for hydroxylation is 1. The van der Waals surface area contributed by atoms with Gasteiger partial charge >= 0.3 is 23.6 Å². The minimum atomic E-state index is -4.46. The summed E-state index contributed by atoms with van der Waals surface area (Å²) in [5.74, 6) is -3.17. The smallest absolute Gasteiger partial charge is 0.351 e. The lowest BCUT2D eigenvalue weighted by molar-refractivity contribution is -0.155. The number of nitrogen functional groups attached to an aromatic ring is 1. The Morgan fingerprint density at radius 1 is 1.16 bits per heavy atom. The summed E-state index contributed by atoms with van der Waals surface area (Å²) in [5.41, 5.74) is 5.55. The molecule has 14 nitrogen and oxygen atoms in total. The number of nitrogens with zero attached hydrogens (tertiary/aromatic N) is 2. The van der Waals surface area contributed by atoms with E-state index < -0.39 is 64.9 Å². The van der Waals surface area contributed by atoms with Crippen LogP contribution in [-0.4, -0.2) is 65.9 Å². The summed E-state index contributed by atoms with van der Waals surface area (Å²) >= 11 is 0. The van der Waals surface area contributed by atoms with Crippen molar-refractivity contribution in [2.45, 2.75) is 50.2 Å². The first-order chi connectivity index (χ1) is 17.8. The fourth-order valence-electron chi connectivity index (χ4n) is 3.57. The summed E-state index contributed by atoms with van der Waals surface area (Å²) in [6.45, 7) is 3.41. The highest BCUT2D eigenvalue weighted by Gasteiger charge is 2.51. The Hall–Kier alpha value is -4.08. The molecule has 1 fully saturated rings. The molecule has 1 aliphatic rings. The van der Waals surface area contributed by atoms with E-state index in [1.165, 1.54) is 12.1 Å². The number of esters is 2. The summed E-state index contributed by atoms with van der Waals surface area (Å²) in [6, 6.07) is 5.73. The van der Waals surface area contributed by atoms with E-state index in [1.54, 1.807) is 19.1 Å². The summed E-state index contributed by atoms with van der Waals surface area (Å²) in [4.78, 5) is 50.6. The average molecular weight is 552 g/mol. The lowest BCUT2D eigenvalue weighted by Gasteiger charge is -2.24. The van der Waals surface area contributed by atoms with E-state index in [4.69, 9.17) is 29.2 Å². The van der Waals surface area contributed by atoms with Crippen LogP contribution in [0.2, 0.25) is 0 Å². The van der Waals surface area contributed by atoms with E-state index in [0.717, 1.165) is 42.3 Å². The molecule has 1 saturated heterocycles. The van der Waals surface area contributed by atoms with Crippen LogP contribution in [0.25, 0.3) is 6.08 Å². The minimum Gasteiger partial charge on any atom is -0.478 e. The number of ether oxygens (including phenoxy) is 3. The predicted molar refractivity (Wildman–Crippen MR) is 129 cm³/mol. The molecule has 38 heavy (non-hydrogen) atoms. The molecule has 3 rings (SSSR count). The maximum absolute atomic E-state index is 13.1. The summed E-state index contributed by atoms with van der Waals surface area (Å²) in [5, 5.41) is 8.92. The van der Waals surface area contributed by atoms with Gasteiger partial charge in [-0.3, -0.25) is 18.3 Å². The number of carbonyl (C=O) groups excluding carboxylic acids is 2. The van der Waals surface area contributed by atoms with Crippen molar-refractivity contribution in [1.29, 1.82) is 0 Å². The number of carboxylic acids is 1. The fourth-order valence-corrected chi connectivity index (χ4v) is 4.68. The van der Waals surface area contributed by atoms with Crippen LogP contribution in [0.15, 0.2) is 46.2 Å². The van der Waals surface area contributed by atoms with Gasteiger partial charge in [-0.1, -0.05) is 17.7 Å². The summed E-state index contributed by atoms with van der Waals surface area (Å²) in [6.07, 6.45) is -3.03. The van der Waals surface area contributed by atoms with Crippen LogP contribution in [0.1, 0.15) is 31.2 Å². The van der Waals surface area contributed by atoms with Gasteiger partial charge < -0.3 is 25.1 Å². The highest BCUT2D eigenvalue weighted by atomic mass is 32.2. The molecule has 0 saturated carbocycles. The van der Waals surface area contributed by atoms with Gasteiger partial charge in [-0.2, -0.15) is 13.4 Å². The highest BCUT2D eigenvalue weighted by molar-refractivity contribution is 7.86. The van der Waals surface area contributed by atoms with Crippen molar-refractivity contribution in [3.8, 4) is 0 Å². The molecule has 1 aliphatic heterocycles. The number of aliphatic carboxylic acids is 1. The average Bonchev–Trinajstić information content (AvgIpc) is 3.12. The molecular formula is C23H25N3O11S. The lowest BCUT2D eigenvalue weighted by Crippen LogP contribution is -2.42. The van der Waals surface area contributed by atoms with E-state index in [1.807, 2.05) is 0 Å². The van der Waals surface area contributed by atoms with Gasteiger partial charge in [0.05, 0.1) is 4.90 Å². The van der Waals surface area contributed by atoms with E-state index in [2.05, 4.69) is 4.98 Å². The Bertz CT molecular complexity index is 1420. The topological polar surface area (TPSA) is 203 Å². The normalized spacial score (nSPS) is 21.3. The number of carbonyl (C=O) groups is 3. The van der Waals surface area contributed by atoms with E-state index >= 15 is 0 Å². The first kappa shape index (κ1) is 28.5. The van der Waals surface area contributed by atoms with E-state index in [-0.39, 0.29) is 16.3 Å². The quantitative estimate of drug-likeness (QED) is 0.246. The molecule has 0 amide bonds. The third-order valence-electron chi connectivity index (χ3n) is 5.28. The third kappa shape index (κ3) is 6.81. The van der Waals surface area contributed by atoms with Crippen molar-refractivity contribution in [3.63, 3.8) is 0 Å². The van der Waals surface area contributed by atoms with E-state index in [9.17, 15) is 27.6 Å². The minimum absolute atomic E-state index is 0.00496. The number of aromatic nitrogens is 2. The monoisotopic (exact) mass is 551 g/mol. The van der Waals surface area contributed by atoms with Gasteiger partial charge in [-0.25, -0.2) is 9.59 Å². The van der Waals surface area contributed by atoms with Crippen molar-refractivity contribution in [1.82, 2.24) is 9.55 Å². The number of carboxylic acid groups (broad SMARTS) is 1. The third-order valence-corrected chi connectivity index (χ3v) is 6.60. The van der Waals surface area contributed by atoms with Crippen molar-refractivity contribution < 1.29 is 46.3 Å². The maximum atomic E-state index is 13.1. The van der Waals surface area contributed by atoms with Crippen molar-refractivity contribution in [3.05, 3.63) is 58.1 Å². The highest BCUT2D eigenvalue weighted by Crippen LogP contribution is 2.35. The molecule has 2 heterocycles. The van der Waals surface area contributed by atoms with Crippen molar-refractivity contribution in [2.75, 3.05) is 12.3 Å². The zero-order valence-corrected chi connectivity index (χ0v) is 21.3. The number of hydrogen-bond acceptors (Lipinski definition) is 12.